The number of aromatic nitrogens is 3. The van der Waals surface area contributed by atoms with Gasteiger partial charge in [-0.05, 0) is 35.0 Å². The van der Waals surface area contributed by atoms with E-state index in [0.717, 1.165) is 13.3 Å². The number of nitrogens with one attached hydrogen (secondary N) is 1. The minimum Gasteiger partial charge on any atom is -0.465 e. The molecule has 0 saturated carbocycles. The summed E-state index contributed by atoms with van der Waals surface area (Å²) in [5, 5.41) is 14.3. The zero-order chi connectivity index (χ0) is 17.9. The van der Waals surface area contributed by atoms with Crippen LogP contribution in [0.5, 0.6) is 0 Å². The number of halogens is 3. The van der Waals surface area contributed by atoms with Gasteiger partial charge in [-0.3, -0.25) is 4.57 Å². The maximum absolute atomic E-state index is 12.9. The Bertz CT molecular complexity index is 839. The van der Waals surface area contributed by atoms with E-state index in [1.165, 1.54) is 15.9 Å². The van der Waals surface area contributed by atoms with Gasteiger partial charge in [-0.15, -0.1) is 11.3 Å². The first kappa shape index (κ1) is 18.3. The third-order valence-corrected chi connectivity index (χ3v) is 4.72. The Hall–Kier alpha value is -2.01. The average Bonchev–Trinajstić information content (AvgIpc) is 3.01. The molecule has 2 aromatic heterocycles. The van der Waals surface area contributed by atoms with E-state index >= 15 is 0 Å². The Morgan fingerprint density at radius 3 is 2.71 bits per heavy atom. The number of hydrogen-bond acceptors (Lipinski definition) is 4. The molecule has 0 aliphatic rings. The van der Waals surface area contributed by atoms with Crippen molar-refractivity contribution in [3.05, 3.63) is 48.8 Å². The lowest BCUT2D eigenvalue weighted by molar-refractivity contribution is 0.195. The largest absolute Gasteiger partial charge is 0.465 e. The lowest BCUT2D eigenvalue weighted by atomic mass is 10.3. The number of thiophene rings is 1. The van der Waals surface area contributed by atoms with E-state index in [9.17, 15) is 18.4 Å². The zero-order valence-electron chi connectivity index (χ0n) is 12.4. The molecular weight excluding hydrogens is 410 g/mol. The first-order valence-electron chi connectivity index (χ1n) is 6.66. The first-order valence-corrected chi connectivity index (χ1v) is 8.27. The molecular formula is C13H13BrF2N4O3S. The molecule has 0 fully saturated rings. The van der Waals surface area contributed by atoms with Crippen LogP contribution in [0.2, 0.25) is 0 Å². The Kier molecular flexibility index (Phi) is 5.89. The molecule has 0 unspecified atom stereocenters. The lowest BCUT2D eigenvalue weighted by Gasteiger charge is -2.05. The van der Waals surface area contributed by atoms with Gasteiger partial charge in [-0.1, -0.05) is 0 Å². The van der Waals surface area contributed by atoms with Crippen LogP contribution in [-0.4, -0.2) is 32.1 Å². The van der Waals surface area contributed by atoms with Gasteiger partial charge in [0.05, 0.1) is 16.9 Å². The fraction of sp³-hybridized carbons (Fsp3) is 0.308. The quantitative estimate of drug-likeness (QED) is 0.748. The van der Waals surface area contributed by atoms with Crippen molar-refractivity contribution >= 4 is 33.4 Å². The molecule has 0 spiro atoms. The number of rotatable bonds is 6. The number of carboxylic acid groups (broad SMARTS) is 1. The predicted octanol–water partition coefficient (Wildman–Crippen LogP) is 2.64. The summed E-state index contributed by atoms with van der Waals surface area (Å²) in [6.07, 6.45) is -3.46. The van der Waals surface area contributed by atoms with Crippen LogP contribution in [0.25, 0.3) is 0 Å². The number of hydrogen-bond donors (Lipinski definition) is 2. The fourth-order valence-electron chi connectivity index (χ4n) is 1.97. The molecule has 0 aliphatic heterocycles. The average molecular weight is 423 g/mol. The van der Waals surface area contributed by atoms with E-state index in [1.54, 1.807) is 6.92 Å². The smallest absolute Gasteiger partial charge is 0.404 e. The second-order valence-corrected chi connectivity index (χ2v) is 7.35. The molecule has 0 saturated heterocycles. The number of carbonyl (C=O) groups is 1. The summed E-state index contributed by atoms with van der Waals surface area (Å²) < 4.78 is 29.0. The second-order valence-electron chi connectivity index (χ2n) is 4.80. The highest BCUT2D eigenvalue weighted by molar-refractivity contribution is 9.11. The maximum atomic E-state index is 12.9. The van der Waals surface area contributed by atoms with Crippen LogP contribution in [0.1, 0.15) is 10.7 Å². The molecule has 0 radical (unpaired) electrons. The van der Waals surface area contributed by atoms with Gasteiger partial charge in [0.25, 0.3) is 6.08 Å². The molecule has 24 heavy (non-hydrogen) atoms. The van der Waals surface area contributed by atoms with Gasteiger partial charge >= 0.3 is 11.8 Å². The summed E-state index contributed by atoms with van der Waals surface area (Å²) in [5.41, 5.74) is -1.05. The van der Waals surface area contributed by atoms with Crippen LogP contribution in [0, 0.1) is 6.92 Å². The van der Waals surface area contributed by atoms with Crippen LogP contribution in [-0.2, 0) is 13.1 Å². The van der Waals surface area contributed by atoms with Gasteiger partial charge in [0, 0.05) is 17.0 Å². The molecule has 2 heterocycles. The van der Waals surface area contributed by atoms with Crippen molar-refractivity contribution in [2.45, 2.75) is 20.0 Å². The van der Waals surface area contributed by atoms with Gasteiger partial charge in [-0.2, -0.15) is 13.9 Å². The highest BCUT2D eigenvalue weighted by Crippen LogP contribution is 2.22. The molecule has 130 valence electrons. The van der Waals surface area contributed by atoms with Gasteiger partial charge in [0.1, 0.15) is 5.82 Å². The van der Waals surface area contributed by atoms with E-state index in [1.807, 2.05) is 17.4 Å². The summed E-state index contributed by atoms with van der Waals surface area (Å²) in [7, 11) is 0. The number of nitrogens with zero attached hydrogens (tertiary/aromatic N) is 3. The molecule has 0 aromatic carbocycles. The highest BCUT2D eigenvalue weighted by Gasteiger charge is 2.15. The monoisotopic (exact) mass is 422 g/mol. The van der Waals surface area contributed by atoms with Crippen molar-refractivity contribution in [2.75, 3.05) is 6.54 Å². The summed E-state index contributed by atoms with van der Waals surface area (Å²) in [6.45, 7) is 0.827. The molecule has 2 aromatic rings. The minimum atomic E-state index is -2.04. The van der Waals surface area contributed by atoms with Crippen LogP contribution in [0.3, 0.4) is 0 Å². The summed E-state index contributed by atoms with van der Waals surface area (Å²) in [5.74, 6) is 0.384. The topological polar surface area (TPSA) is 89.2 Å². The Labute approximate surface area is 147 Å². The van der Waals surface area contributed by atoms with E-state index in [4.69, 9.17) is 5.11 Å². The number of aryl methyl sites for hydroxylation is 1. The maximum Gasteiger partial charge on any atom is 0.404 e. The molecule has 0 aliphatic carbocycles. The Morgan fingerprint density at radius 1 is 1.46 bits per heavy atom. The van der Waals surface area contributed by atoms with E-state index < -0.39 is 36.5 Å². The standard InChI is InChI=1S/C13H13BrF2N4O3S/c1-7-18-20(5-8(11(15)16)4-17-12(21)22)13(23)19(7)6-9-2-3-10(14)24-9/h2-3,17H,4-6H2,1H3,(H,21,22). The van der Waals surface area contributed by atoms with Gasteiger partial charge < -0.3 is 10.4 Å². The molecule has 11 heteroatoms. The molecule has 0 bridgehead atoms. The first-order chi connectivity index (χ1) is 11.3. The molecule has 2 rings (SSSR count). The third-order valence-electron chi connectivity index (χ3n) is 3.11. The Balaban J connectivity index is 2.22. The third kappa shape index (κ3) is 4.51. The van der Waals surface area contributed by atoms with Crippen molar-refractivity contribution < 1.29 is 18.7 Å². The van der Waals surface area contributed by atoms with Crippen molar-refractivity contribution in [1.82, 2.24) is 19.7 Å². The van der Waals surface area contributed by atoms with Crippen LogP contribution in [0.4, 0.5) is 13.6 Å². The molecule has 1 amide bonds. The fourth-order valence-corrected chi connectivity index (χ4v) is 3.44. The van der Waals surface area contributed by atoms with Crippen LogP contribution >= 0.6 is 27.3 Å². The highest BCUT2D eigenvalue weighted by atomic mass is 79.9. The van der Waals surface area contributed by atoms with E-state index in [2.05, 4.69) is 21.0 Å². The Morgan fingerprint density at radius 2 is 2.17 bits per heavy atom. The molecule has 2 N–H and O–H groups in total. The SMILES string of the molecule is Cc1nn(CC(CNC(=O)O)=C(F)F)c(=O)n1Cc1ccc(Br)s1. The predicted molar refractivity (Wildman–Crippen MR) is 87.6 cm³/mol. The van der Waals surface area contributed by atoms with Crippen molar-refractivity contribution in [3.63, 3.8) is 0 Å². The van der Waals surface area contributed by atoms with Gasteiger partial charge in [0.2, 0.25) is 0 Å². The number of amides is 1. The molecule has 0 atom stereocenters. The van der Waals surface area contributed by atoms with E-state index in [-0.39, 0.29) is 6.54 Å². The minimum absolute atomic E-state index is 0.283. The lowest BCUT2D eigenvalue weighted by Crippen LogP contribution is -2.30. The van der Waals surface area contributed by atoms with Crippen molar-refractivity contribution in [1.29, 1.82) is 0 Å². The summed E-state index contributed by atoms with van der Waals surface area (Å²) in [6, 6.07) is 3.70. The zero-order valence-corrected chi connectivity index (χ0v) is 14.8. The van der Waals surface area contributed by atoms with Gasteiger partial charge in [-0.25, -0.2) is 14.3 Å². The van der Waals surface area contributed by atoms with Crippen LogP contribution < -0.4 is 11.0 Å². The second kappa shape index (κ2) is 7.71. The van der Waals surface area contributed by atoms with Gasteiger partial charge in [0.15, 0.2) is 0 Å². The van der Waals surface area contributed by atoms with Crippen LogP contribution in [0.15, 0.2) is 32.4 Å². The summed E-state index contributed by atoms with van der Waals surface area (Å²) >= 11 is 4.79. The normalized spacial score (nSPS) is 10.7. The molecule has 7 nitrogen and oxygen atoms in total. The van der Waals surface area contributed by atoms with Crippen molar-refractivity contribution in [3.8, 4) is 0 Å². The van der Waals surface area contributed by atoms with E-state index in [0.29, 0.717) is 5.82 Å². The summed E-state index contributed by atoms with van der Waals surface area (Å²) in [4.78, 5) is 23.7. The van der Waals surface area contributed by atoms with Crippen molar-refractivity contribution in [2.24, 2.45) is 0 Å².